The Balaban J connectivity index is 1.35. The molecule has 1 aromatic heterocycles. The van der Waals surface area contributed by atoms with Gasteiger partial charge >= 0.3 is 0 Å². The average molecular weight is 377 g/mol. The molecule has 1 amide bonds. The summed E-state index contributed by atoms with van der Waals surface area (Å²) in [4.78, 5) is 18.7. The van der Waals surface area contributed by atoms with E-state index >= 15 is 0 Å². The zero-order valence-electron chi connectivity index (χ0n) is 15.3. The summed E-state index contributed by atoms with van der Waals surface area (Å²) in [6.45, 7) is 1.30. The van der Waals surface area contributed by atoms with Crippen molar-refractivity contribution in [1.29, 1.82) is 0 Å². The first-order chi connectivity index (χ1) is 13.7. The molecule has 1 aliphatic rings. The van der Waals surface area contributed by atoms with E-state index < -0.39 is 0 Å². The number of rotatable bonds is 4. The summed E-state index contributed by atoms with van der Waals surface area (Å²) in [5.41, 5.74) is 1.72. The third-order valence-electron chi connectivity index (χ3n) is 4.92. The SMILES string of the molecule is O=C(/C=C/c1ccccc1)N1CCC(c2nc(-c3ccc(F)cc3)no2)CC1. The van der Waals surface area contributed by atoms with Gasteiger partial charge in [0.2, 0.25) is 17.6 Å². The molecule has 142 valence electrons. The van der Waals surface area contributed by atoms with Crippen molar-refractivity contribution in [3.8, 4) is 11.4 Å². The fraction of sp³-hybridized carbons (Fsp3) is 0.227. The van der Waals surface area contributed by atoms with E-state index in [1.54, 1.807) is 18.2 Å². The molecule has 1 aliphatic heterocycles. The van der Waals surface area contributed by atoms with Crippen molar-refractivity contribution in [2.75, 3.05) is 13.1 Å². The van der Waals surface area contributed by atoms with Crippen molar-refractivity contribution in [3.05, 3.63) is 77.9 Å². The van der Waals surface area contributed by atoms with Crippen LogP contribution in [0, 0.1) is 5.82 Å². The van der Waals surface area contributed by atoms with Gasteiger partial charge in [0.25, 0.3) is 0 Å². The third kappa shape index (κ3) is 4.17. The molecule has 0 saturated carbocycles. The second-order valence-corrected chi connectivity index (χ2v) is 6.81. The number of carbonyl (C=O) groups excluding carboxylic acids is 1. The van der Waals surface area contributed by atoms with E-state index in [1.807, 2.05) is 41.3 Å². The summed E-state index contributed by atoms with van der Waals surface area (Å²) in [7, 11) is 0. The average Bonchev–Trinajstić information content (AvgIpc) is 3.24. The number of nitrogens with zero attached hydrogens (tertiary/aromatic N) is 3. The van der Waals surface area contributed by atoms with Crippen molar-refractivity contribution >= 4 is 12.0 Å². The highest BCUT2D eigenvalue weighted by Gasteiger charge is 2.27. The first-order valence-corrected chi connectivity index (χ1v) is 9.30. The van der Waals surface area contributed by atoms with E-state index in [4.69, 9.17) is 4.52 Å². The van der Waals surface area contributed by atoms with Crippen molar-refractivity contribution in [2.45, 2.75) is 18.8 Å². The Morgan fingerprint density at radius 1 is 1.07 bits per heavy atom. The van der Waals surface area contributed by atoms with Gasteiger partial charge in [0, 0.05) is 30.6 Å². The second-order valence-electron chi connectivity index (χ2n) is 6.81. The molecule has 1 saturated heterocycles. The molecule has 0 bridgehead atoms. The van der Waals surface area contributed by atoms with Gasteiger partial charge in [-0.2, -0.15) is 4.98 Å². The molecule has 3 aromatic rings. The monoisotopic (exact) mass is 377 g/mol. The maximum Gasteiger partial charge on any atom is 0.246 e. The number of piperidine rings is 1. The normalized spacial score (nSPS) is 15.2. The van der Waals surface area contributed by atoms with E-state index in [9.17, 15) is 9.18 Å². The first-order valence-electron chi connectivity index (χ1n) is 9.30. The summed E-state index contributed by atoms with van der Waals surface area (Å²) in [5, 5.41) is 4.01. The van der Waals surface area contributed by atoms with Crippen molar-refractivity contribution in [3.63, 3.8) is 0 Å². The highest BCUT2D eigenvalue weighted by molar-refractivity contribution is 5.91. The van der Waals surface area contributed by atoms with Crippen LogP contribution in [-0.2, 0) is 4.79 Å². The second kappa shape index (κ2) is 8.17. The number of halogens is 1. The van der Waals surface area contributed by atoms with Crippen LogP contribution in [0.2, 0.25) is 0 Å². The van der Waals surface area contributed by atoms with Gasteiger partial charge in [0.1, 0.15) is 5.82 Å². The Morgan fingerprint density at radius 3 is 2.50 bits per heavy atom. The van der Waals surface area contributed by atoms with E-state index in [2.05, 4.69) is 10.1 Å². The molecule has 0 radical (unpaired) electrons. The molecule has 2 aromatic carbocycles. The van der Waals surface area contributed by atoms with Crippen LogP contribution >= 0.6 is 0 Å². The highest BCUT2D eigenvalue weighted by Crippen LogP contribution is 2.28. The molecule has 28 heavy (non-hydrogen) atoms. The summed E-state index contributed by atoms with van der Waals surface area (Å²) in [6, 6.07) is 15.8. The lowest BCUT2D eigenvalue weighted by molar-refractivity contribution is -0.127. The van der Waals surface area contributed by atoms with E-state index in [0.717, 1.165) is 24.0 Å². The summed E-state index contributed by atoms with van der Waals surface area (Å²) < 4.78 is 18.5. The standard InChI is InChI=1S/C22H20FN3O2/c23-19-9-7-17(8-10-19)21-24-22(28-25-21)18-12-14-26(15-13-18)20(27)11-6-16-4-2-1-3-5-16/h1-11,18H,12-15H2/b11-6+. The van der Waals surface area contributed by atoms with E-state index in [1.165, 1.54) is 12.1 Å². The number of likely N-dealkylation sites (tertiary alicyclic amines) is 1. The molecule has 4 rings (SSSR count). The molecule has 6 heteroatoms. The molecule has 0 N–H and O–H groups in total. The van der Waals surface area contributed by atoms with Crippen molar-refractivity contribution in [1.82, 2.24) is 15.0 Å². The number of aromatic nitrogens is 2. The third-order valence-corrected chi connectivity index (χ3v) is 4.92. The summed E-state index contributed by atoms with van der Waals surface area (Å²) in [6.07, 6.45) is 5.00. The van der Waals surface area contributed by atoms with E-state index in [-0.39, 0.29) is 17.6 Å². The zero-order chi connectivity index (χ0) is 19.3. The topological polar surface area (TPSA) is 59.2 Å². The predicted octanol–water partition coefficient (Wildman–Crippen LogP) is 4.30. The number of amides is 1. The minimum atomic E-state index is -0.300. The number of carbonyl (C=O) groups is 1. The fourth-order valence-electron chi connectivity index (χ4n) is 3.30. The van der Waals surface area contributed by atoms with Gasteiger partial charge in [-0.1, -0.05) is 35.5 Å². The van der Waals surface area contributed by atoms with Crippen LogP contribution in [0.1, 0.15) is 30.2 Å². The van der Waals surface area contributed by atoms with Gasteiger partial charge in [-0.3, -0.25) is 4.79 Å². The van der Waals surface area contributed by atoms with Crippen LogP contribution in [0.4, 0.5) is 4.39 Å². The van der Waals surface area contributed by atoms with Crippen LogP contribution < -0.4 is 0 Å². The smallest absolute Gasteiger partial charge is 0.246 e. The van der Waals surface area contributed by atoms with Crippen LogP contribution in [0.3, 0.4) is 0 Å². The molecule has 5 nitrogen and oxygen atoms in total. The fourth-order valence-corrected chi connectivity index (χ4v) is 3.30. The lowest BCUT2D eigenvalue weighted by Gasteiger charge is -2.29. The van der Waals surface area contributed by atoms with Crippen molar-refractivity contribution < 1.29 is 13.7 Å². The molecular weight excluding hydrogens is 357 g/mol. The molecule has 0 unspecified atom stereocenters. The Hall–Kier alpha value is -3.28. The maximum absolute atomic E-state index is 13.1. The minimum absolute atomic E-state index is 0.0137. The Kier molecular flexibility index (Phi) is 5.28. The van der Waals surface area contributed by atoms with Crippen LogP contribution in [-0.4, -0.2) is 34.0 Å². The largest absolute Gasteiger partial charge is 0.339 e. The first kappa shape index (κ1) is 18.1. The highest BCUT2D eigenvalue weighted by atomic mass is 19.1. The van der Waals surface area contributed by atoms with Gasteiger partial charge in [-0.05, 0) is 48.7 Å². The lowest BCUT2D eigenvalue weighted by Crippen LogP contribution is -2.36. The van der Waals surface area contributed by atoms with Gasteiger partial charge in [0.05, 0.1) is 0 Å². The summed E-state index contributed by atoms with van der Waals surface area (Å²) >= 11 is 0. The van der Waals surface area contributed by atoms with Gasteiger partial charge < -0.3 is 9.42 Å². The quantitative estimate of drug-likeness (QED) is 0.636. The molecule has 2 heterocycles. The lowest BCUT2D eigenvalue weighted by atomic mass is 9.96. The van der Waals surface area contributed by atoms with Gasteiger partial charge in [0.15, 0.2) is 0 Å². The van der Waals surface area contributed by atoms with Gasteiger partial charge in [-0.25, -0.2) is 4.39 Å². The number of benzene rings is 2. The van der Waals surface area contributed by atoms with Crippen LogP contribution in [0.15, 0.2) is 65.2 Å². The minimum Gasteiger partial charge on any atom is -0.339 e. The zero-order valence-corrected chi connectivity index (χ0v) is 15.3. The molecule has 0 atom stereocenters. The molecule has 0 aliphatic carbocycles. The van der Waals surface area contributed by atoms with Crippen molar-refractivity contribution in [2.24, 2.45) is 0 Å². The Bertz CT molecular complexity index is 959. The van der Waals surface area contributed by atoms with Gasteiger partial charge in [-0.15, -0.1) is 0 Å². The van der Waals surface area contributed by atoms with Crippen LogP contribution in [0.25, 0.3) is 17.5 Å². The molecule has 1 fully saturated rings. The number of hydrogen-bond donors (Lipinski definition) is 0. The molecule has 0 spiro atoms. The predicted molar refractivity (Wildman–Crippen MR) is 104 cm³/mol. The Labute approximate surface area is 162 Å². The Morgan fingerprint density at radius 2 is 1.79 bits per heavy atom. The maximum atomic E-state index is 13.1. The van der Waals surface area contributed by atoms with E-state index in [0.29, 0.717) is 24.8 Å². The van der Waals surface area contributed by atoms with Crippen LogP contribution in [0.5, 0.6) is 0 Å². The number of hydrogen-bond acceptors (Lipinski definition) is 4. The molecular formula is C22H20FN3O2. The summed E-state index contributed by atoms with van der Waals surface area (Å²) in [5.74, 6) is 0.875.